The van der Waals surface area contributed by atoms with Crippen LogP contribution in [0.4, 0.5) is 4.79 Å². The summed E-state index contributed by atoms with van der Waals surface area (Å²) in [5, 5.41) is 20.5. The van der Waals surface area contributed by atoms with Crippen LogP contribution in [0.15, 0.2) is 18.3 Å². The summed E-state index contributed by atoms with van der Waals surface area (Å²) in [5.41, 5.74) is -0.417. The molecular weight excluding hydrogens is 618 g/mol. The summed E-state index contributed by atoms with van der Waals surface area (Å²) in [6.45, 7) is 18.7. The van der Waals surface area contributed by atoms with Gasteiger partial charge in [0.15, 0.2) is 0 Å². The summed E-state index contributed by atoms with van der Waals surface area (Å²) in [4.78, 5) is 46.0. The predicted octanol–water partition coefficient (Wildman–Crippen LogP) is 3.25. The van der Waals surface area contributed by atoms with E-state index in [1.54, 1.807) is 46.2 Å². The number of morpholine rings is 1. The number of rotatable bonds is 20. The van der Waals surface area contributed by atoms with Gasteiger partial charge in [-0.15, -0.1) is 0 Å². The van der Waals surface area contributed by atoms with Gasteiger partial charge in [-0.2, -0.15) is 0 Å². The van der Waals surface area contributed by atoms with Gasteiger partial charge in [0.05, 0.1) is 32.0 Å². The number of aliphatic hydroxyl groups excluding tert-OH is 1. The first-order chi connectivity index (χ1) is 22.7. The third kappa shape index (κ3) is 15.5. The molecule has 0 bridgehead atoms. The van der Waals surface area contributed by atoms with Crippen LogP contribution in [0.1, 0.15) is 78.1 Å². The highest BCUT2D eigenvalue weighted by atomic mass is 16.6. The topological polar surface area (TPSA) is 161 Å². The van der Waals surface area contributed by atoms with E-state index in [-0.39, 0.29) is 48.4 Å². The fourth-order valence-corrected chi connectivity index (χ4v) is 5.46. The lowest BCUT2D eigenvalue weighted by molar-refractivity contribution is -0.127. The predicted molar refractivity (Wildman–Crippen MR) is 184 cm³/mol. The maximum Gasteiger partial charge on any atom is 0.407 e. The molecule has 1 aromatic rings. The van der Waals surface area contributed by atoms with Crippen molar-refractivity contribution in [3.63, 3.8) is 0 Å². The van der Waals surface area contributed by atoms with Gasteiger partial charge in [-0.1, -0.05) is 27.7 Å². The van der Waals surface area contributed by atoms with Crippen molar-refractivity contribution in [2.75, 3.05) is 66.3 Å². The van der Waals surface area contributed by atoms with E-state index in [0.29, 0.717) is 51.4 Å². The fraction of sp³-hybridized carbons (Fsp3) is 0.771. The summed E-state index contributed by atoms with van der Waals surface area (Å²) >= 11 is 0. The van der Waals surface area contributed by atoms with Crippen molar-refractivity contribution in [3.8, 4) is 5.88 Å². The quantitative estimate of drug-likeness (QED) is 0.151. The zero-order valence-electron chi connectivity index (χ0n) is 30.4. The minimum atomic E-state index is -1.04. The van der Waals surface area contributed by atoms with Crippen molar-refractivity contribution < 1.29 is 38.4 Å². The highest BCUT2D eigenvalue weighted by Gasteiger charge is 2.33. The van der Waals surface area contributed by atoms with Crippen LogP contribution in [-0.2, 0) is 19.0 Å². The second-order valence-electron chi connectivity index (χ2n) is 14.2. The molecule has 13 nitrogen and oxygen atoms in total. The number of carbonyl (C=O) groups excluding carboxylic acids is 3. The van der Waals surface area contributed by atoms with E-state index < -0.39 is 29.8 Å². The molecule has 48 heavy (non-hydrogen) atoms. The molecule has 0 aromatic carbocycles. The van der Waals surface area contributed by atoms with Gasteiger partial charge < -0.3 is 40.0 Å². The minimum Gasteiger partial charge on any atom is -0.477 e. The maximum atomic E-state index is 13.3. The van der Waals surface area contributed by atoms with Crippen molar-refractivity contribution in [2.24, 2.45) is 23.7 Å². The summed E-state index contributed by atoms with van der Waals surface area (Å²) in [6.07, 6.45) is 1.03. The molecule has 1 fully saturated rings. The first-order valence-electron chi connectivity index (χ1n) is 17.3. The Labute approximate surface area is 287 Å². The van der Waals surface area contributed by atoms with Crippen LogP contribution in [0.2, 0.25) is 0 Å². The van der Waals surface area contributed by atoms with E-state index in [1.807, 2.05) is 27.7 Å². The van der Waals surface area contributed by atoms with E-state index in [1.165, 1.54) is 0 Å². The summed E-state index contributed by atoms with van der Waals surface area (Å²) < 4.78 is 21.7. The fourth-order valence-electron chi connectivity index (χ4n) is 5.46. The van der Waals surface area contributed by atoms with Crippen LogP contribution in [0.5, 0.6) is 5.88 Å². The summed E-state index contributed by atoms with van der Waals surface area (Å²) in [5.74, 6) is -0.780. The normalized spacial score (nSPS) is 16.6. The Balaban J connectivity index is 2.13. The van der Waals surface area contributed by atoms with Gasteiger partial charge in [0.1, 0.15) is 11.2 Å². The summed E-state index contributed by atoms with van der Waals surface area (Å²) in [7, 11) is 1.62. The number of aliphatic hydroxyl groups is 1. The second kappa shape index (κ2) is 21.2. The molecule has 274 valence electrons. The number of nitrogens with one attached hydrogen (secondary N) is 3. The average molecular weight is 680 g/mol. The van der Waals surface area contributed by atoms with Crippen molar-refractivity contribution in [1.29, 1.82) is 0 Å². The lowest BCUT2D eigenvalue weighted by atomic mass is 9.82. The molecule has 4 N–H and O–H groups in total. The number of alkyl carbamates (subject to hydrolysis) is 1. The van der Waals surface area contributed by atoms with Gasteiger partial charge in [-0.25, -0.2) is 9.78 Å². The van der Waals surface area contributed by atoms with E-state index in [2.05, 4.69) is 25.8 Å². The molecule has 13 heteroatoms. The molecule has 0 radical (unpaired) electrons. The molecular formula is C35H61N5O8. The highest BCUT2D eigenvalue weighted by molar-refractivity contribution is 5.96. The second-order valence-corrected chi connectivity index (χ2v) is 14.2. The van der Waals surface area contributed by atoms with E-state index in [4.69, 9.17) is 18.9 Å². The standard InChI is InChI=1S/C35H61N5O8/c1-24(2)26(23-38-31(42)27-11-9-12-37-33(27)47-18-10-17-45-8)21-29(39-34(44)48-35(5,6)7)30(41)22-28(25(3)4)32(43)36-13-14-40-15-19-46-20-16-40/h9,11-12,24-26,28-30,41H,10,13-23H2,1-8H3,(H,36,43)(H,38,42)(H,39,44). The number of hydrogen-bond donors (Lipinski definition) is 4. The molecule has 1 aliphatic rings. The molecule has 0 saturated carbocycles. The zero-order valence-corrected chi connectivity index (χ0v) is 30.4. The Bertz CT molecular complexity index is 1110. The van der Waals surface area contributed by atoms with Gasteiger partial charge in [0.2, 0.25) is 11.8 Å². The molecule has 2 heterocycles. The SMILES string of the molecule is COCCCOc1ncccc1C(=O)NCC(CC(NC(=O)OC(C)(C)C)C(O)CC(C(=O)NCCN1CCOCC1)C(C)C)C(C)C. The largest absolute Gasteiger partial charge is 0.477 e. The zero-order chi connectivity index (χ0) is 35.7. The van der Waals surface area contributed by atoms with Crippen LogP contribution in [0.3, 0.4) is 0 Å². The monoisotopic (exact) mass is 679 g/mol. The number of amides is 3. The minimum absolute atomic E-state index is 0.0456. The number of ether oxygens (including phenoxy) is 4. The molecule has 2 rings (SSSR count). The van der Waals surface area contributed by atoms with E-state index >= 15 is 0 Å². The average Bonchev–Trinajstić information content (AvgIpc) is 3.02. The van der Waals surface area contributed by atoms with Gasteiger partial charge >= 0.3 is 6.09 Å². The Kier molecular flexibility index (Phi) is 18.2. The first kappa shape index (κ1) is 41.2. The van der Waals surface area contributed by atoms with Crippen molar-refractivity contribution in [2.45, 2.75) is 85.5 Å². The van der Waals surface area contributed by atoms with Crippen molar-refractivity contribution in [3.05, 3.63) is 23.9 Å². The van der Waals surface area contributed by atoms with Crippen LogP contribution >= 0.6 is 0 Å². The molecule has 3 amide bonds. The van der Waals surface area contributed by atoms with Crippen LogP contribution in [0.25, 0.3) is 0 Å². The van der Waals surface area contributed by atoms with Gasteiger partial charge in [-0.3, -0.25) is 14.5 Å². The summed E-state index contributed by atoms with van der Waals surface area (Å²) in [6, 6.07) is 2.61. The van der Waals surface area contributed by atoms with Crippen LogP contribution in [-0.4, -0.2) is 117 Å². The van der Waals surface area contributed by atoms with E-state index in [0.717, 1.165) is 19.6 Å². The Hall–Kier alpha value is -3.00. The van der Waals surface area contributed by atoms with Gasteiger partial charge in [0, 0.05) is 65.0 Å². The van der Waals surface area contributed by atoms with Crippen molar-refractivity contribution >= 4 is 17.9 Å². The Morgan fingerprint density at radius 1 is 1.04 bits per heavy atom. The molecule has 4 unspecified atom stereocenters. The number of methoxy groups -OCH3 is 1. The highest BCUT2D eigenvalue weighted by Crippen LogP contribution is 2.25. The van der Waals surface area contributed by atoms with E-state index in [9.17, 15) is 19.5 Å². The molecule has 0 aliphatic carbocycles. The first-order valence-corrected chi connectivity index (χ1v) is 17.3. The number of hydrogen-bond acceptors (Lipinski definition) is 10. The smallest absolute Gasteiger partial charge is 0.407 e. The third-order valence-electron chi connectivity index (χ3n) is 8.41. The van der Waals surface area contributed by atoms with Crippen LogP contribution < -0.4 is 20.7 Å². The lowest BCUT2D eigenvalue weighted by Gasteiger charge is -2.33. The number of aromatic nitrogens is 1. The van der Waals surface area contributed by atoms with Crippen molar-refractivity contribution in [1.82, 2.24) is 25.8 Å². The number of carbonyl (C=O) groups is 3. The number of nitrogens with zero attached hydrogens (tertiary/aromatic N) is 2. The Morgan fingerprint density at radius 3 is 2.38 bits per heavy atom. The molecule has 1 aromatic heterocycles. The molecule has 1 aliphatic heterocycles. The molecule has 1 saturated heterocycles. The lowest BCUT2D eigenvalue weighted by Crippen LogP contribution is -2.49. The third-order valence-corrected chi connectivity index (χ3v) is 8.41. The van der Waals surface area contributed by atoms with Crippen LogP contribution in [0, 0.1) is 23.7 Å². The van der Waals surface area contributed by atoms with Gasteiger partial charge in [-0.05, 0) is 63.5 Å². The maximum absolute atomic E-state index is 13.3. The molecule has 0 spiro atoms. The number of pyridine rings is 1. The molecule has 4 atom stereocenters. The Morgan fingerprint density at radius 2 is 1.75 bits per heavy atom. The van der Waals surface area contributed by atoms with Gasteiger partial charge in [0.25, 0.3) is 5.91 Å².